The van der Waals surface area contributed by atoms with E-state index in [-0.39, 0.29) is 11.8 Å². The molecule has 0 aliphatic heterocycles. The van der Waals surface area contributed by atoms with Gasteiger partial charge in [0.1, 0.15) is 0 Å². The number of H-pyrrole nitrogens is 1. The third-order valence-corrected chi connectivity index (χ3v) is 4.22. The number of carbonyl (C=O) groups excluding carboxylic acids is 1. The average Bonchev–Trinajstić information content (AvgIpc) is 3.14. The van der Waals surface area contributed by atoms with Gasteiger partial charge in [-0.2, -0.15) is 5.21 Å². The molecule has 0 fully saturated rings. The number of tetrazole rings is 1. The van der Waals surface area contributed by atoms with Crippen LogP contribution in [0.25, 0.3) is 10.8 Å². The first-order chi connectivity index (χ1) is 11.6. The molecule has 0 aliphatic rings. The van der Waals surface area contributed by atoms with Crippen LogP contribution in [0.5, 0.6) is 0 Å². The van der Waals surface area contributed by atoms with E-state index in [1.807, 2.05) is 26.1 Å². The summed E-state index contributed by atoms with van der Waals surface area (Å²) in [5.41, 5.74) is 1.18. The Morgan fingerprint density at radius 2 is 2.00 bits per heavy atom. The molecule has 0 aliphatic carbocycles. The second-order valence-electron chi connectivity index (χ2n) is 6.13. The van der Waals surface area contributed by atoms with Crippen LogP contribution in [0, 0.1) is 0 Å². The molecule has 24 heavy (non-hydrogen) atoms. The maximum Gasteiger partial charge on any atom is 0.222 e. The van der Waals surface area contributed by atoms with Crippen molar-refractivity contribution in [2.75, 3.05) is 13.6 Å². The number of hydrogen-bond donors (Lipinski definition) is 1. The molecule has 1 N–H and O–H groups in total. The Hall–Kier alpha value is -2.76. The number of nitrogens with zero attached hydrogens (tertiary/aromatic N) is 4. The molecule has 3 rings (SSSR count). The number of amides is 1. The van der Waals surface area contributed by atoms with Crippen molar-refractivity contribution >= 4 is 16.7 Å². The zero-order chi connectivity index (χ0) is 16.9. The molecule has 1 amide bonds. The molecule has 6 heteroatoms. The van der Waals surface area contributed by atoms with Crippen molar-refractivity contribution in [3.05, 3.63) is 53.9 Å². The topological polar surface area (TPSA) is 74.8 Å². The van der Waals surface area contributed by atoms with E-state index in [1.165, 1.54) is 16.3 Å². The fourth-order valence-corrected chi connectivity index (χ4v) is 2.81. The Morgan fingerprint density at radius 1 is 1.21 bits per heavy atom. The van der Waals surface area contributed by atoms with Crippen molar-refractivity contribution in [1.29, 1.82) is 0 Å². The van der Waals surface area contributed by atoms with E-state index in [0.29, 0.717) is 18.8 Å². The van der Waals surface area contributed by atoms with Crippen molar-refractivity contribution < 1.29 is 4.79 Å². The van der Waals surface area contributed by atoms with E-state index >= 15 is 0 Å². The maximum atomic E-state index is 12.3. The summed E-state index contributed by atoms with van der Waals surface area (Å²) in [6.07, 6.45) is 1.23. The van der Waals surface area contributed by atoms with Crippen molar-refractivity contribution in [3.8, 4) is 0 Å². The number of aryl methyl sites for hydroxylation is 1. The second kappa shape index (κ2) is 7.21. The van der Waals surface area contributed by atoms with Gasteiger partial charge in [-0.25, -0.2) is 0 Å². The molecule has 0 radical (unpaired) electrons. The van der Waals surface area contributed by atoms with Gasteiger partial charge in [-0.1, -0.05) is 54.6 Å². The summed E-state index contributed by atoms with van der Waals surface area (Å²) in [7, 11) is 1.82. The summed E-state index contributed by atoms with van der Waals surface area (Å²) < 4.78 is 0. The molecular formula is C18H21N5O. The number of fused-ring (bicyclic) bond motifs is 1. The number of nitrogens with one attached hydrogen (secondary N) is 1. The lowest BCUT2D eigenvalue weighted by Gasteiger charge is -2.20. The van der Waals surface area contributed by atoms with Gasteiger partial charge in [0.05, 0.1) is 0 Å². The van der Waals surface area contributed by atoms with E-state index < -0.39 is 0 Å². The minimum atomic E-state index is 0.0540. The summed E-state index contributed by atoms with van der Waals surface area (Å²) in [5, 5.41) is 16.4. The Labute approximate surface area is 140 Å². The Kier molecular flexibility index (Phi) is 4.84. The van der Waals surface area contributed by atoms with Crippen molar-refractivity contribution in [3.63, 3.8) is 0 Å². The molecule has 0 spiro atoms. The number of aromatic amines is 1. The molecular weight excluding hydrogens is 302 g/mol. The van der Waals surface area contributed by atoms with Crippen LogP contribution in [0.4, 0.5) is 0 Å². The molecule has 6 nitrogen and oxygen atoms in total. The largest absolute Gasteiger partial charge is 0.345 e. The van der Waals surface area contributed by atoms with Crippen LogP contribution in [0.1, 0.15) is 30.7 Å². The molecule has 0 saturated heterocycles. The standard InChI is InChI=1S/C18H21N5O/c1-13(18-19-21-22-20-18)12-23(2)17(24)10-8-14-7-9-15-5-3-4-6-16(15)11-14/h3-7,9,11,13H,8,10,12H2,1-2H3,(H,19,20,21,22). The third-order valence-electron chi connectivity index (χ3n) is 4.22. The SMILES string of the molecule is CC(CN(C)C(=O)CCc1ccc2ccccc2c1)c1nn[nH]n1. The number of carbonyl (C=O) groups is 1. The maximum absolute atomic E-state index is 12.3. The fraction of sp³-hybridized carbons (Fsp3) is 0.333. The molecule has 124 valence electrons. The van der Waals surface area contributed by atoms with Crippen LogP contribution in [-0.4, -0.2) is 45.0 Å². The summed E-state index contributed by atoms with van der Waals surface area (Å²) >= 11 is 0. The molecule has 3 aromatic rings. The second-order valence-corrected chi connectivity index (χ2v) is 6.13. The molecule has 1 heterocycles. The first-order valence-corrected chi connectivity index (χ1v) is 8.08. The van der Waals surface area contributed by atoms with Crippen LogP contribution < -0.4 is 0 Å². The molecule has 0 bridgehead atoms. The van der Waals surface area contributed by atoms with Crippen LogP contribution in [-0.2, 0) is 11.2 Å². The molecule has 1 aromatic heterocycles. The quantitative estimate of drug-likeness (QED) is 0.756. The van der Waals surface area contributed by atoms with E-state index in [1.54, 1.807) is 4.90 Å². The van der Waals surface area contributed by atoms with Gasteiger partial charge in [0.25, 0.3) is 0 Å². The van der Waals surface area contributed by atoms with E-state index in [9.17, 15) is 4.79 Å². The van der Waals surface area contributed by atoms with Crippen LogP contribution in [0.2, 0.25) is 0 Å². The van der Waals surface area contributed by atoms with Gasteiger partial charge < -0.3 is 4.90 Å². The summed E-state index contributed by atoms with van der Waals surface area (Å²) in [4.78, 5) is 14.1. The lowest BCUT2D eigenvalue weighted by molar-refractivity contribution is -0.130. The highest BCUT2D eigenvalue weighted by molar-refractivity contribution is 5.83. The van der Waals surface area contributed by atoms with Crippen LogP contribution in [0.3, 0.4) is 0 Å². The zero-order valence-electron chi connectivity index (χ0n) is 13.9. The molecule has 1 atom stereocenters. The number of aromatic nitrogens is 4. The van der Waals surface area contributed by atoms with Gasteiger partial charge in [0, 0.05) is 25.9 Å². The highest BCUT2D eigenvalue weighted by atomic mass is 16.2. The number of hydrogen-bond acceptors (Lipinski definition) is 4. The van der Waals surface area contributed by atoms with Crippen LogP contribution >= 0.6 is 0 Å². The number of benzene rings is 2. The van der Waals surface area contributed by atoms with Gasteiger partial charge in [0.15, 0.2) is 5.82 Å². The monoisotopic (exact) mass is 323 g/mol. The lowest BCUT2D eigenvalue weighted by Crippen LogP contribution is -2.30. The van der Waals surface area contributed by atoms with Crippen molar-refractivity contribution in [2.45, 2.75) is 25.7 Å². The predicted molar refractivity (Wildman–Crippen MR) is 92.5 cm³/mol. The first kappa shape index (κ1) is 16.1. The van der Waals surface area contributed by atoms with Crippen molar-refractivity contribution in [1.82, 2.24) is 25.5 Å². The lowest BCUT2D eigenvalue weighted by atomic mass is 10.0. The zero-order valence-corrected chi connectivity index (χ0v) is 13.9. The molecule has 2 aromatic carbocycles. The van der Waals surface area contributed by atoms with Crippen molar-refractivity contribution in [2.24, 2.45) is 0 Å². The van der Waals surface area contributed by atoms with E-state index in [2.05, 4.69) is 51.0 Å². The molecule has 1 unspecified atom stereocenters. The van der Waals surface area contributed by atoms with Crippen LogP contribution in [0.15, 0.2) is 42.5 Å². The van der Waals surface area contributed by atoms with Gasteiger partial charge in [-0.3, -0.25) is 4.79 Å². The number of likely N-dealkylation sites (N-methyl/N-ethyl adjacent to an activating group) is 1. The van der Waals surface area contributed by atoms with Gasteiger partial charge >= 0.3 is 0 Å². The Bertz CT molecular complexity index is 815. The van der Waals surface area contributed by atoms with Gasteiger partial charge in [0.2, 0.25) is 5.91 Å². The summed E-state index contributed by atoms with van der Waals surface area (Å²) in [5.74, 6) is 0.807. The average molecular weight is 323 g/mol. The van der Waals surface area contributed by atoms with Gasteiger partial charge in [-0.15, -0.1) is 10.2 Å². The predicted octanol–water partition coefficient (Wildman–Crippen LogP) is 2.55. The number of rotatable bonds is 6. The smallest absolute Gasteiger partial charge is 0.222 e. The Balaban J connectivity index is 1.55. The Morgan fingerprint density at radius 3 is 2.75 bits per heavy atom. The minimum Gasteiger partial charge on any atom is -0.345 e. The normalized spacial score (nSPS) is 12.2. The van der Waals surface area contributed by atoms with Gasteiger partial charge in [-0.05, 0) is 22.8 Å². The minimum absolute atomic E-state index is 0.0540. The summed E-state index contributed by atoms with van der Waals surface area (Å²) in [6.45, 7) is 2.56. The molecule has 0 saturated carbocycles. The highest BCUT2D eigenvalue weighted by Gasteiger charge is 2.16. The summed E-state index contributed by atoms with van der Waals surface area (Å²) in [6, 6.07) is 14.6. The fourth-order valence-electron chi connectivity index (χ4n) is 2.81. The van der Waals surface area contributed by atoms with E-state index in [4.69, 9.17) is 0 Å². The van der Waals surface area contributed by atoms with E-state index in [0.717, 1.165) is 6.42 Å². The first-order valence-electron chi connectivity index (χ1n) is 8.08. The third kappa shape index (κ3) is 3.76. The highest BCUT2D eigenvalue weighted by Crippen LogP contribution is 2.17.